The van der Waals surface area contributed by atoms with E-state index in [-0.39, 0.29) is 0 Å². The molecule has 1 saturated heterocycles. The highest BCUT2D eigenvalue weighted by atomic mass is 15.3. The third kappa shape index (κ3) is 1.26. The summed E-state index contributed by atoms with van der Waals surface area (Å²) in [6, 6.07) is 0.821. The zero-order valence-corrected chi connectivity index (χ0v) is 8.38. The van der Waals surface area contributed by atoms with Crippen LogP contribution in [0.1, 0.15) is 33.6 Å². The van der Waals surface area contributed by atoms with Crippen LogP contribution < -0.4 is 0 Å². The molecule has 12 heavy (non-hydrogen) atoms. The molecule has 1 saturated carbocycles. The van der Waals surface area contributed by atoms with Gasteiger partial charge in [-0.15, -0.1) is 0 Å². The van der Waals surface area contributed by atoms with Crippen LogP contribution in [0.2, 0.25) is 0 Å². The number of allylic oxidation sites excluding steroid dienone is 1. The van der Waals surface area contributed by atoms with Crippen molar-refractivity contribution in [3.8, 4) is 0 Å². The van der Waals surface area contributed by atoms with Crippen LogP contribution in [0.4, 0.5) is 0 Å². The van der Waals surface area contributed by atoms with Crippen LogP contribution in [0.25, 0.3) is 0 Å². The lowest BCUT2D eigenvalue weighted by molar-refractivity contribution is 0.382. The van der Waals surface area contributed by atoms with Gasteiger partial charge in [0.1, 0.15) is 0 Å². The monoisotopic (exact) mass is 165 g/mol. The van der Waals surface area contributed by atoms with Gasteiger partial charge in [0.15, 0.2) is 0 Å². The molecule has 1 heterocycles. The van der Waals surface area contributed by atoms with Crippen molar-refractivity contribution >= 4 is 0 Å². The molecule has 2 fully saturated rings. The third-order valence-electron chi connectivity index (χ3n) is 3.54. The minimum atomic E-state index is 0.821. The van der Waals surface area contributed by atoms with Gasteiger partial charge >= 0.3 is 0 Å². The Bertz CT molecular complexity index is 207. The van der Waals surface area contributed by atoms with Gasteiger partial charge in [0.25, 0.3) is 0 Å². The highest BCUT2D eigenvalue weighted by molar-refractivity contribution is 5.20. The first-order valence-electron chi connectivity index (χ1n) is 5.19. The average Bonchev–Trinajstić information content (AvgIpc) is 2.98. The third-order valence-corrected chi connectivity index (χ3v) is 3.54. The SMILES string of the molecule is C/C=C1/CN1C(C)C1CC1CC. The molecule has 0 spiro atoms. The van der Waals surface area contributed by atoms with E-state index in [1.807, 2.05) is 0 Å². The maximum Gasteiger partial charge on any atom is 0.0576 e. The van der Waals surface area contributed by atoms with Crippen molar-refractivity contribution in [2.45, 2.75) is 39.7 Å². The standard InChI is InChI=1S/C11H19N/c1-4-9-6-11(9)8(3)12-7-10(12)5-2/h5,8-9,11H,4,6-7H2,1-3H3/b10-5-. The average molecular weight is 165 g/mol. The molecule has 0 radical (unpaired) electrons. The van der Waals surface area contributed by atoms with Crippen LogP contribution in [0.3, 0.4) is 0 Å². The van der Waals surface area contributed by atoms with E-state index in [4.69, 9.17) is 0 Å². The molecule has 0 aromatic heterocycles. The molecule has 2 rings (SSSR count). The number of hydrogen-bond donors (Lipinski definition) is 0. The second-order valence-electron chi connectivity index (χ2n) is 4.22. The second-order valence-corrected chi connectivity index (χ2v) is 4.22. The molecule has 1 heteroatoms. The van der Waals surface area contributed by atoms with E-state index in [2.05, 4.69) is 31.7 Å². The van der Waals surface area contributed by atoms with E-state index in [9.17, 15) is 0 Å². The smallest absolute Gasteiger partial charge is 0.0576 e. The minimum Gasteiger partial charge on any atom is -0.365 e. The highest BCUT2D eigenvalue weighted by Crippen LogP contribution is 2.47. The summed E-state index contributed by atoms with van der Waals surface area (Å²) in [7, 11) is 0. The van der Waals surface area contributed by atoms with E-state index in [0.717, 1.165) is 17.9 Å². The predicted octanol–water partition coefficient (Wildman–Crippen LogP) is 2.64. The van der Waals surface area contributed by atoms with Gasteiger partial charge in [0.2, 0.25) is 0 Å². The topological polar surface area (TPSA) is 3.01 Å². The Balaban J connectivity index is 1.84. The normalized spacial score (nSPS) is 38.6. The first kappa shape index (κ1) is 8.15. The molecule has 0 amide bonds. The summed E-state index contributed by atoms with van der Waals surface area (Å²) >= 11 is 0. The van der Waals surface area contributed by atoms with Crippen molar-refractivity contribution in [3.05, 3.63) is 11.8 Å². The van der Waals surface area contributed by atoms with Crippen molar-refractivity contribution in [1.82, 2.24) is 4.90 Å². The Kier molecular flexibility index (Phi) is 1.90. The first-order valence-corrected chi connectivity index (χ1v) is 5.19. The number of hydrogen-bond acceptors (Lipinski definition) is 1. The van der Waals surface area contributed by atoms with Crippen LogP contribution in [-0.2, 0) is 0 Å². The Morgan fingerprint density at radius 3 is 2.83 bits per heavy atom. The van der Waals surface area contributed by atoms with Crippen LogP contribution in [0.5, 0.6) is 0 Å². The number of nitrogens with zero attached hydrogens (tertiary/aromatic N) is 1. The van der Waals surface area contributed by atoms with Crippen LogP contribution in [0, 0.1) is 11.8 Å². The molecule has 68 valence electrons. The van der Waals surface area contributed by atoms with Crippen molar-refractivity contribution < 1.29 is 0 Å². The Morgan fingerprint density at radius 1 is 1.67 bits per heavy atom. The van der Waals surface area contributed by atoms with E-state index in [0.29, 0.717) is 0 Å². The zero-order chi connectivity index (χ0) is 8.72. The van der Waals surface area contributed by atoms with Gasteiger partial charge in [-0.3, -0.25) is 0 Å². The molecule has 0 N–H and O–H groups in total. The van der Waals surface area contributed by atoms with Crippen LogP contribution in [-0.4, -0.2) is 17.5 Å². The summed E-state index contributed by atoms with van der Waals surface area (Å²) in [6.45, 7) is 8.09. The summed E-state index contributed by atoms with van der Waals surface area (Å²) < 4.78 is 0. The Labute approximate surface area is 75.4 Å². The number of rotatable bonds is 3. The zero-order valence-electron chi connectivity index (χ0n) is 8.38. The lowest BCUT2D eigenvalue weighted by Gasteiger charge is -2.12. The first-order chi connectivity index (χ1) is 5.77. The van der Waals surface area contributed by atoms with Crippen molar-refractivity contribution in [2.24, 2.45) is 11.8 Å². The molecule has 0 aromatic carbocycles. The van der Waals surface area contributed by atoms with Gasteiger partial charge in [0.05, 0.1) is 6.54 Å². The van der Waals surface area contributed by atoms with E-state index < -0.39 is 0 Å². The summed E-state index contributed by atoms with van der Waals surface area (Å²) in [5.74, 6) is 2.05. The van der Waals surface area contributed by atoms with E-state index in [1.54, 1.807) is 5.70 Å². The lowest BCUT2D eigenvalue weighted by atomic mass is 10.1. The van der Waals surface area contributed by atoms with E-state index >= 15 is 0 Å². The Hall–Kier alpha value is -0.460. The molecule has 1 aliphatic carbocycles. The fourth-order valence-corrected chi connectivity index (χ4v) is 2.36. The van der Waals surface area contributed by atoms with E-state index in [1.165, 1.54) is 19.4 Å². The fraction of sp³-hybridized carbons (Fsp3) is 0.818. The molecular formula is C11H19N. The van der Waals surface area contributed by atoms with Crippen LogP contribution in [0.15, 0.2) is 11.8 Å². The van der Waals surface area contributed by atoms with Gasteiger partial charge in [-0.2, -0.15) is 0 Å². The largest absolute Gasteiger partial charge is 0.365 e. The second kappa shape index (κ2) is 2.79. The molecule has 2 aliphatic rings. The van der Waals surface area contributed by atoms with Gasteiger partial charge in [-0.05, 0) is 32.1 Å². The molecule has 1 aliphatic heterocycles. The predicted molar refractivity (Wildman–Crippen MR) is 51.8 cm³/mol. The molecule has 1 nitrogen and oxygen atoms in total. The molecule has 0 aromatic rings. The Morgan fingerprint density at radius 2 is 2.42 bits per heavy atom. The molecular weight excluding hydrogens is 146 g/mol. The van der Waals surface area contributed by atoms with Gasteiger partial charge in [0, 0.05) is 11.7 Å². The van der Waals surface area contributed by atoms with Gasteiger partial charge in [-0.25, -0.2) is 0 Å². The quantitative estimate of drug-likeness (QED) is 0.581. The summed E-state index contributed by atoms with van der Waals surface area (Å²) in [6.07, 6.45) is 5.11. The van der Waals surface area contributed by atoms with Gasteiger partial charge < -0.3 is 4.90 Å². The summed E-state index contributed by atoms with van der Waals surface area (Å²) in [5, 5.41) is 0. The molecule has 3 atom stereocenters. The highest BCUT2D eigenvalue weighted by Gasteiger charge is 2.45. The fourth-order valence-electron chi connectivity index (χ4n) is 2.36. The maximum atomic E-state index is 2.54. The lowest BCUT2D eigenvalue weighted by Crippen LogP contribution is -2.17. The van der Waals surface area contributed by atoms with Crippen molar-refractivity contribution in [2.75, 3.05) is 6.54 Å². The summed E-state index contributed by atoms with van der Waals surface area (Å²) in [4.78, 5) is 2.54. The minimum absolute atomic E-state index is 0.821. The van der Waals surface area contributed by atoms with Crippen LogP contribution >= 0.6 is 0 Å². The van der Waals surface area contributed by atoms with Crippen molar-refractivity contribution in [1.29, 1.82) is 0 Å². The molecule has 0 bridgehead atoms. The molecule has 3 unspecified atom stereocenters. The maximum absolute atomic E-state index is 2.54. The van der Waals surface area contributed by atoms with Gasteiger partial charge in [-0.1, -0.05) is 19.4 Å². The van der Waals surface area contributed by atoms with Crippen molar-refractivity contribution in [3.63, 3.8) is 0 Å². The summed E-state index contributed by atoms with van der Waals surface area (Å²) in [5.41, 5.74) is 1.56.